The molecule has 0 radical (unpaired) electrons. The average Bonchev–Trinajstić information content (AvgIpc) is 3.27. The van der Waals surface area contributed by atoms with Crippen LogP contribution in [0, 0.1) is 5.82 Å². The molecule has 7 nitrogen and oxygen atoms in total. The summed E-state index contributed by atoms with van der Waals surface area (Å²) in [5.41, 5.74) is -0.208. The summed E-state index contributed by atoms with van der Waals surface area (Å²) in [5.74, 6) is -0.694. The van der Waals surface area contributed by atoms with Gasteiger partial charge in [0.05, 0.1) is 32.5 Å². The molecule has 1 aromatic carbocycles. The molecule has 0 saturated carbocycles. The van der Waals surface area contributed by atoms with Gasteiger partial charge in [0.2, 0.25) is 0 Å². The summed E-state index contributed by atoms with van der Waals surface area (Å²) >= 11 is 6.00. The highest BCUT2D eigenvalue weighted by atomic mass is 35.5. The molecule has 0 aliphatic carbocycles. The fraction of sp³-hybridized carbons (Fsp3) is 0.318. The Labute approximate surface area is 183 Å². The van der Waals surface area contributed by atoms with Gasteiger partial charge in [-0.1, -0.05) is 24.9 Å². The first-order valence-electron chi connectivity index (χ1n) is 9.75. The molecular weight excluding hydrogens is 427 g/mol. The van der Waals surface area contributed by atoms with Gasteiger partial charge in [-0.25, -0.2) is 14.2 Å². The molecule has 0 fully saturated rings. The second-order valence-electron chi connectivity index (χ2n) is 6.79. The molecule has 3 aromatic rings. The van der Waals surface area contributed by atoms with E-state index in [1.54, 1.807) is 0 Å². The van der Waals surface area contributed by atoms with E-state index in [-0.39, 0.29) is 35.8 Å². The number of carbonyl (C=O) groups is 1. The Kier molecular flexibility index (Phi) is 7.46. The second kappa shape index (κ2) is 10.3. The van der Waals surface area contributed by atoms with Crippen LogP contribution in [0.5, 0.6) is 5.75 Å². The average molecular weight is 449 g/mol. The van der Waals surface area contributed by atoms with E-state index in [1.807, 2.05) is 6.92 Å². The Balaban J connectivity index is 2.05. The summed E-state index contributed by atoms with van der Waals surface area (Å²) in [6, 6.07) is 4.19. The summed E-state index contributed by atoms with van der Waals surface area (Å²) in [6.45, 7) is 2.20. The predicted molar refractivity (Wildman–Crippen MR) is 113 cm³/mol. The highest BCUT2D eigenvalue weighted by Crippen LogP contribution is 2.33. The number of hydrogen-bond donors (Lipinski definition) is 0. The van der Waals surface area contributed by atoms with E-state index < -0.39 is 23.4 Å². The van der Waals surface area contributed by atoms with Gasteiger partial charge in [0, 0.05) is 22.2 Å². The van der Waals surface area contributed by atoms with Gasteiger partial charge >= 0.3 is 5.97 Å². The number of hydrogen-bond acceptors (Lipinski definition) is 6. The molecule has 0 aliphatic heterocycles. The van der Waals surface area contributed by atoms with Crippen LogP contribution in [-0.4, -0.2) is 29.2 Å². The smallest absolute Gasteiger partial charge is 0.329 e. The van der Waals surface area contributed by atoms with E-state index in [4.69, 9.17) is 25.5 Å². The van der Waals surface area contributed by atoms with Crippen molar-refractivity contribution in [1.82, 2.24) is 9.55 Å². The van der Waals surface area contributed by atoms with Gasteiger partial charge in [-0.3, -0.25) is 9.36 Å². The van der Waals surface area contributed by atoms with Crippen molar-refractivity contribution in [2.45, 2.75) is 32.2 Å². The highest BCUT2D eigenvalue weighted by molar-refractivity contribution is 6.30. The summed E-state index contributed by atoms with van der Waals surface area (Å²) in [6.07, 6.45) is 5.74. The van der Waals surface area contributed by atoms with Gasteiger partial charge < -0.3 is 13.9 Å². The van der Waals surface area contributed by atoms with Gasteiger partial charge in [0.25, 0.3) is 5.56 Å². The number of carbonyl (C=O) groups excluding carboxylic acids is 1. The zero-order chi connectivity index (χ0) is 22.4. The molecule has 0 aliphatic rings. The van der Waals surface area contributed by atoms with E-state index in [9.17, 15) is 14.0 Å². The van der Waals surface area contributed by atoms with Gasteiger partial charge in [0.1, 0.15) is 23.9 Å². The zero-order valence-electron chi connectivity index (χ0n) is 17.1. The Morgan fingerprint density at radius 3 is 2.81 bits per heavy atom. The monoisotopic (exact) mass is 448 g/mol. The number of oxazole rings is 1. The molecule has 2 aromatic heterocycles. The number of benzene rings is 1. The fourth-order valence-electron chi connectivity index (χ4n) is 3.08. The molecule has 0 saturated heterocycles. The molecule has 1 atom stereocenters. The lowest BCUT2D eigenvalue weighted by atomic mass is 10.0. The van der Waals surface area contributed by atoms with Crippen LogP contribution in [0.1, 0.15) is 31.7 Å². The van der Waals surface area contributed by atoms with Gasteiger partial charge in [-0.2, -0.15) is 0 Å². The van der Waals surface area contributed by atoms with Gasteiger partial charge in [-0.05, 0) is 24.6 Å². The predicted octanol–water partition coefficient (Wildman–Crippen LogP) is 4.43. The van der Waals surface area contributed by atoms with Crippen molar-refractivity contribution in [3.05, 3.63) is 70.0 Å². The van der Waals surface area contributed by atoms with E-state index in [2.05, 4.69) is 4.98 Å². The molecule has 0 N–H and O–H groups in total. The molecule has 164 valence electrons. The SMILES string of the molecule is CCCCOC(=O)C(Cc1ncco1)n1cc(OC)c(-c2cc(Cl)ccc2F)cc1=O. The lowest BCUT2D eigenvalue weighted by Crippen LogP contribution is -2.32. The maximum Gasteiger partial charge on any atom is 0.329 e. The van der Waals surface area contributed by atoms with Crippen molar-refractivity contribution in [2.75, 3.05) is 13.7 Å². The highest BCUT2D eigenvalue weighted by Gasteiger charge is 2.27. The number of nitrogens with zero attached hydrogens (tertiary/aromatic N) is 2. The van der Waals surface area contributed by atoms with Crippen LogP contribution in [0.4, 0.5) is 4.39 Å². The number of methoxy groups -OCH3 is 1. The van der Waals surface area contributed by atoms with Gasteiger partial charge in [0.15, 0.2) is 5.89 Å². The minimum Gasteiger partial charge on any atom is -0.495 e. The molecule has 9 heteroatoms. The van der Waals surface area contributed by atoms with Crippen LogP contribution in [0.25, 0.3) is 11.1 Å². The molecular formula is C22H22ClFN2O5. The lowest BCUT2D eigenvalue weighted by Gasteiger charge is -2.20. The van der Waals surface area contributed by atoms with Crippen molar-refractivity contribution in [1.29, 1.82) is 0 Å². The Morgan fingerprint density at radius 1 is 1.32 bits per heavy atom. The number of halogens is 2. The second-order valence-corrected chi connectivity index (χ2v) is 7.23. The summed E-state index contributed by atoms with van der Waals surface area (Å²) in [5, 5.41) is 0.309. The van der Waals surface area contributed by atoms with Crippen LogP contribution in [0.3, 0.4) is 0 Å². The van der Waals surface area contributed by atoms with Crippen LogP contribution in [0.15, 0.2) is 52.1 Å². The maximum atomic E-state index is 14.4. The van der Waals surface area contributed by atoms with Crippen LogP contribution >= 0.6 is 11.6 Å². The number of pyridine rings is 1. The van der Waals surface area contributed by atoms with E-state index >= 15 is 0 Å². The third-order valence-electron chi connectivity index (χ3n) is 4.68. The van der Waals surface area contributed by atoms with E-state index in [1.165, 1.54) is 54.6 Å². The largest absolute Gasteiger partial charge is 0.495 e. The van der Waals surface area contributed by atoms with E-state index in [0.29, 0.717) is 11.4 Å². The van der Waals surface area contributed by atoms with Crippen molar-refractivity contribution < 1.29 is 23.1 Å². The molecule has 31 heavy (non-hydrogen) atoms. The normalized spacial score (nSPS) is 11.9. The van der Waals surface area contributed by atoms with Gasteiger partial charge in [-0.15, -0.1) is 0 Å². The Morgan fingerprint density at radius 2 is 2.13 bits per heavy atom. The molecule has 1 unspecified atom stereocenters. The first kappa shape index (κ1) is 22.6. The first-order valence-corrected chi connectivity index (χ1v) is 10.1. The fourth-order valence-corrected chi connectivity index (χ4v) is 3.25. The lowest BCUT2D eigenvalue weighted by molar-refractivity contribution is -0.148. The topological polar surface area (TPSA) is 83.6 Å². The van der Waals surface area contributed by atoms with Crippen molar-refractivity contribution >= 4 is 17.6 Å². The van der Waals surface area contributed by atoms with Crippen molar-refractivity contribution in [3.8, 4) is 16.9 Å². The third-order valence-corrected chi connectivity index (χ3v) is 4.92. The van der Waals surface area contributed by atoms with E-state index in [0.717, 1.165) is 6.42 Å². The number of rotatable bonds is 9. The number of aromatic nitrogens is 2. The zero-order valence-corrected chi connectivity index (χ0v) is 17.9. The van der Waals surface area contributed by atoms with Crippen LogP contribution in [-0.2, 0) is 16.0 Å². The van der Waals surface area contributed by atoms with Crippen molar-refractivity contribution in [2.24, 2.45) is 0 Å². The standard InChI is InChI=1S/C22H22ClFN2O5/c1-3-4-8-31-22(28)18(12-20-25-7-9-30-20)26-13-19(29-2)16(11-21(26)27)15-10-14(23)5-6-17(15)24/h5-7,9-11,13,18H,3-4,8,12H2,1-2H3. The third kappa shape index (κ3) is 5.32. The molecule has 3 rings (SSSR count). The van der Waals surface area contributed by atoms with Crippen LogP contribution < -0.4 is 10.3 Å². The first-order chi connectivity index (χ1) is 14.9. The number of esters is 1. The van der Waals surface area contributed by atoms with Crippen LogP contribution in [0.2, 0.25) is 5.02 Å². The quantitative estimate of drug-likeness (QED) is 0.355. The molecule has 0 amide bonds. The summed E-state index contributed by atoms with van der Waals surface area (Å²) in [7, 11) is 1.39. The summed E-state index contributed by atoms with van der Waals surface area (Å²) < 4.78 is 31.6. The minimum atomic E-state index is -1.03. The Bertz CT molecular complexity index is 1100. The van der Waals surface area contributed by atoms with Crippen molar-refractivity contribution in [3.63, 3.8) is 0 Å². The minimum absolute atomic E-state index is 0.00585. The maximum absolute atomic E-state index is 14.4. The molecule has 2 heterocycles. The molecule has 0 spiro atoms. The number of unbranched alkanes of at least 4 members (excludes halogenated alkanes) is 1. The molecule has 0 bridgehead atoms. The number of ether oxygens (including phenoxy) is 2. The Hall–Kier alpha value is -3.13. The summed E-state index contributed by atoms with van der Waals surface area (Å²) in [4.78, 5) is 29.8.